The number of nitrogens with zero attached hydrogens (tertiary/aromatic N) is 3. The summed E-state index contributed by atoms with van der Waals surface area (Å²) in [5.41, 5.74) is 0.888. The molecule has 0 aromatic carbocycles. The third-order valence-corrected chi connectivity index (χ3v) is 3.98. The van der Waals surface area contributed by atoms with Crippen molar-refractivity contribution >= 4 is 40.4 Å². The van der Waals surface area contributed by atoms with Crippen molar-refractivity contribution in [1.82, 2.24) is 9.97 Å². The van der Waals surface area contributed by atoms with Crippen molar-refractivity contribution in [2.75, 3.05) is 11.9 Å². The predicted molar refractivity (Wildman–Crippen MR) is 73.2 cm³/mol. The quantitative estimate of drug-likeness (QED) is 0.805. The Kier molecular flexibility index (Phi) is 3.86. The average Bonchev–Trinajstić information content (AvgIpc) is 2.68. The first-order chi connectivity index (χ1) is 8.08. The van der Waals surface area contributed by atoms with E-state index >= 15 is 0 Å². The minimum Gasteiger partial charge on any atom is -0.354 e. The molecule has 6 heteroatoms. The molecule has 0 aliphatic carbocycles. The van der Waals surface area contributed by atoms with Gasteiger partial charge in [-0.15, -0.1) is 11.3 Å². The number of hydrogen-bond acceptors (Lipinski definition) is 4. The van der Waals surface area contributed by atoms with Gasteiger partial charge in [-0.05, 0) is 19.1 Å². The fraction of sp³-hybridized carbons (Fsp3) is 0.273. The van der Waals surface area contributed by atoms with Crippen LogP contribution in [0.2, 0.25) is 9.49 Å². The van der Waals surface area contributed by atoms with Crippen LogP contribution in [0, 0.1) is 6.92 Å². The molecule has 0 aliphatic heterocycles. The van der Waals surface area contributed by atoms with Gasteiger partial charge in [-0.1, -0.05) is 23.2 Å². The molecule has 3 nitrogen and oxygen atoms in total. The third kappa shape index (κ3) is 2.89. The van der Waals surface area contributed by atoms with E-state index in [4.69, 9.17) is 23.2 Å². The maximum Gasteiger partial charge on any atom is 0.137 e. The smallest absolute Gasteiger partial charge is 0.137 e. The Morgan fingerprint density at radius 2 is 2.06 bits per heavy atom. The van der Waals surface area contributed by atoms with Gasteiger partial charge in [0.25, 0.3) is 0 Å². The molecule has 17 heavy (non-hydrogen) atoms. The molecule has 0 spiro atoms. The molecule has 2 heterocycles. The molecule has 0 atom stereocenters. The van der Waals surface area contributed by atoms with Crippen LogP contribution in [0.5, 0.6) is 0 Å². The Balaban J connectivity index is 2.20. The maximum absolute atomic E-state index is 5.97. The summed E-state index contributed by atoms with van der Waals surface area (Å²) in [7, 11) is 1.97. The standard InChI is InChI=1S/C11H11Cl2N3S/c1-7-10(13)14-6-15-11(7)16(2)5-8-3-4-9(12)17-8/h3-4,6H,5H2,1-2H3. The largest absolute Gasteiger partial charge is 0.354 e. The number of halogens is 2. The molecule has 0 radical (unpaired) electrons. The predicted octanol–water partition coefficient (Wildman–Crippen LogP) is 3.79. The summed E-state index contributed by atoms with van der Waals surface area (Å²) in [6, 6.07) is 3.91. The topological polar surface area (TPSA) is 29.0 Å². The van der Waals surface area contributed by atoms with E-state index in [-0.39, 0.29) is 0 Å². The van der Waals surface area contributed by atoms with E-state index in [2.05, 4.69) is 9.97 Å². The van der Waals surface area contributed by atoms with Gasteiger partial charge in [0.15, 0.2) is 0 Å². The van der Waals surface area contributed by atoms with Crippen LogP contribution < -0.4 is 4.90 Å². The number of anilines is 1. The zero-order valence-corrected chi connectivity index (χ0v) is 11.8. The molecular formula is C11H11Cl2N3S. The molecule has 2 rings (SSSR count). The van der Waals surface area contributed by atoms with E-state index in [9.17, 15) is 0 Å². The van der Waals surface area contributed by atoms with Crippen LogP contribution in [-0.2, 0) is 6.54 Å². The van der Waals surface area contributed by atoms with Crippen LogP contribution in [0.15, 0.2) is 18.5 Å². The molecule has 0 fully saturated rings. The Labute approximate surface area is 114 Å². The van der Waals surface area contributed by atoms with E-state index in [1.807, 2.05) is 31.0 Å². The number of rotatable bonds is 3. The second-order valence-electron chi connectivity index (χ2n) is 3.67. The Morgan fingerprint density at radius 1 is 1.29 bits per heavy atom. The van der Waals surface area contributed by atoms with E-state index in [1.165, 1.54) is 11.2 Å². The summed E-state index contributed by atoms with van der Waals surface area (Å²) < 4.78 is 0.797. The monoisotopic (exact) mass is 287 g/mol. The van der Waals surface area contributed by atoms with Gasteiger partial charge < -0.3 is 4.90 Å². The maximum atomic E-state index is 5.97. The van der Waals surface area contributed by atoms with Gasteiger partial charge >= 0.3 is 0 Å². The highest BCUT2D eigenvalue weighted by atomic mass is 35.5. The fourth-order valence-corrected chi connectivity index (χ4v) is 2.82. The summed E-state index contributed by atoms with van der Waals surface area (Å²) in [6.45, 7) is 2.67. The average molecular weight is 288 g/mol. The molecule has 0 N–H and O–H groups in total. The highest BCUT2D eigenvalue weighted by Gasteiger charge is 2.11. The highest BCUT2D eigenvalue weighted by Crippen LogP contribution is 2.26. The molecule has 0 amide bonds. The molecule has 2 aromatic rings. The zero-order chi connectivity index (χ0) is 12.4. The molecule has 0 saturated heterocycles. The molecule has 90 valence electrons. The molecule has 0 aliphatic rings. The van der Waals surface area contributed by atoms with Crippen molar-refractivity contribution in [2.45, 2.75) is 13.5 Å². The van der Waals surface area contributed by atoms with Crippen molar-refractivity contribution in [3.05, 3.63) is 38.4 Å². The van der Waals surface area contributed by atoms with E-state index in [0.29, 0.717) is 5.15 Å². The Bertz CT molecular complexity index is 527. The van der Waals surface area contributed by atoms with Gasteiger partial charge in [0, 0.05) is 17.5 Å². The van der Waals surface area contributed by atoms with Crippen molar-refractivity contribution in [1.29, 1.82) is 0 Å². The van der Waals surface area contributed by atoms with Crippen LogP contribution in [0.1, 0.15) is 10.4 Å². The third-order valence-electron chi connectivity index (χ3n) is 2.38. The Hall–Kier alpha value is -0.840. The minimum atomic E-state index is 0.492. The van der Waals surface area contributed by atoms with Gasteiger partial charge in [-0.25, -0.2) is 9.97 Å². The van der Waals surface area contributed by atoms with Gasteiger partial charge in [-0.3, -0.25) is 0 Å². The summed E-state index contributed by atoms with van der Waals surface area (Å²) in [4.78, 5) is 11.4. The lowest BCUT2D eigenvalue weighted by molar-refractivity contribution is 0.894. The lowest BCUT2D eigenvalue weighted by Gasteiger charge is -2.19. The molecule has 2 aromatic heterocycles. The minimum absolute atomic E-state index is 0.492. The second kappa shape index (κ2) is 5.21. The molecule has 0 bridgehead atoms. The van der Waals surface area contributed by atoms with Crippen molar-refractivity contribution in [3.63, 3.8) is 0 Å². The number of thiophene rings is 1. The van der Waals surface area contributed by atoms with Crippen LogP contribution >= 0.6 is 34.5 Å². The lowest BCUT2D eigenvalue weighted by Crippen LogP contribution is -2.18. The number of hydrogen-bond donors (Lipinski definition) is 0. The summed E-state index contributed by atoms with van der Waals surface area (Å²) in [6.07, 6.45) is 1.47. The summed E-state index contributed by atoms with van der Waals surface area (Å²) in [5.74, 6) is 0.842. The van der Waals surface area contributed by atoms with Gasteiger partial charge in [0.05, 0.1) is 10.9 Å². The van der Waals surface area contributed by atoms with Gasteiger partial charge in [0.1, 0.15) is 17.3 Å². The summed E-state index contributed by atoms with van der Waals surface area (Å²) in [5, 5.41) is 0.492. The fourth-order valence-electron chi connectivity index (χ4n) is 1.55. The molecule has 0 unspecified atom stereocenters. The molecular weight excluding hydrogens is 277 g/mol. The molecule has 0 saturated carbocycles. The van der Waals surface area contributed by atoms with Crippen molar-refractivity contribution < 1.29 is 0 Å². The van der Waals surface area contributed by atoms with Crippen molar-refractivity contribution in [3.8, 4) is 0 Å². The van der Waals surface area contributed by atoms with Crippen LogP contribution in [-0.4, -0.2) is 17.0 Å². The van der Waals surface area contributed by atoms with Gasteiger partial charge in [-0.2, -0.15) is 0 Å². The van der Waals surface area contributed by atoms with Crippen LogP contribution in [0.3, 0.4) is 0 Å². The van der Waals surface area contributed by atoms with E-state index in [1.54, 1.807) is 11.3 Å². The SMILES string of the molecule is Cc1c(Cl)ncnc1N(C)Cc1ccc(Cl)s1. The van der Waals surface area contributed by atoms with Crippen LogP contribution in [0.4, 0.5) is 5.82 Å². The second-order valence-corrected chi connectivity index (χ2v) is 5.83. The van der Waals surface area contributed by atoms with E-state index < -0.39 is 0 Å². The van der Waals surface area contributed by atoms with Crippen molar-refractivity contribution in [2.24, 2.45) is 0 Å². The first-order valence-corrected chi connectivity index (χ1v) is 6.57. The zero-order valence-electron chi connectivity index (χ0n) is 9.44. The first-order valence-electron chi connectivity index (χ1n) is 5.00. The summed E-state index contributed by atoms with van der Waals surface area (Å²) >= 11 is 13.4. The van der Waals surface area contributed by atoms with Crippen LogP contribution in [0.25, 0.3) is 0 Å². The van der Waals surface area contributed by atoms with E-state index in [0.717, 1.165) is 22.3 Å². The first kappa shape index (κ1) is 12.6. The van der Waals surface area contributed by atoms with Gasteiger partial charge in [0.2, 0.25) is 0 Å². The number of aromatic nitrogens is 2. The highest BCUT2D eigenvalue weighted by molar-refractivity contribution is 7.16. The normalized spacial score (nSPS) is 10.6. The lowest BCUT2D eigenvalue weighted by atomic mass is 10.3. The Morgan fingerprint density at radius 3 is 2.71 bits per heavy atom.